The van der Waals surface area contributed by atoms with Gasteiger partial charge in [-0.2, -0.15) is 13.2 Å². The first kappa shape index (κ1) is 21.3. The number of hydrogen-bond acceptors (Lipinski definition) is 3. The molecule has 0 aliphatic carbocycles. The lowest BCUT2D eigenvalue weighted by atomic mass is 10.1. The number of carbonyl (C=O) groups excluding carboxylic acids is 1. The van der Waals surface area contributed by atoms with Crippen LogP contribution in [0.1, 0.15) is 16.7 Å². The van der Waals surface area contributed by atoms with Gasteiger partial charge in [0.2, 0.25) is 0 Å². The minimum atomic E-state index is -4.38. The van der Waals surface area contributed by atoms with Gasteiger partial charge in [0.25, 0.3) is 5.91 Å². The Morgan fingerprint density at radius 2 is 1.75 bits per heavy atom. The zero-order chi connectivity index (χ0) is 20.7. The molecule has 0 N–H and O–H groups in total. The number of methoxy groups -OCH3 is 1. The summed E-state index contributed by atoms with van der Waals surface area (Å²) in [6.45, 7) is 3.65. The molecule has 0 heterocycles. The molecule has 0 saturated carbocycles. The quantitative estimate of drug-likeness (QED) is 0.621. The zero-order valence-electron chi connectivity index (χ0n) is 15.8. The molecule has 0 fully saturated rings. The molecule has 0 saturated heterocycles. The molecule has 0 unspecified atom stereocenters. The third-order valence-corrected chi connectivity index (χ3v) is 4.09. The van der Waals surface area contributed by atoms with Crippen molar-refractivity contribution in [2.75, 3.05) is 20.8 Å². The lowest BCUT2D eigenvalue weighted by Gasteiger charge is -2.19. The Balaban J connectivity index is 1.94. The summed E-state index contributed by atoms with van der Waals surface area (Å²) < 4.78 is 48.7. The van der Waals surface area contributed by atoms with Crippen molar-refractivity contribution in [1.82, 2.24) is 4.90 Å². The summed E-state index contributed by atoms with van der Waals surface area (Å²) in [6, 6.07) is 10.1. The minimum Gasteiger partial charge on any atom is -0.493 e. The Labute approximate surface area is 162 Å². The highest BCUT2D eigenvalue weighted by Gasteiger charge is 2.30. The van der Waals surface area contributed by atoms with Crippen molar-refractivity contribution < 1.29 is 27.4 Å². The molecule has 0 aliphatic rings. The fourth-order valence-electron chi connectivity index (χ4n) is 2.54. The molecule has 28 heavy (non-hydrogen) atoms. The Morgan fingerprint density at radius 3 is 2.32 bits per heavy atom. The molecule has 4 nitrogen and oxygen atoms in total. The van der Waals surface area contributed by atoms with Crippen LogP contribution in [-0.2, 0) is 23.9 Å². The van der Waals surface area contributed by atoms with Crippen LogP contribution in [0, 0.1) is 0 Å². The minimum absolute atomic E-state index is 0.176. The van der Waals surface area contributed by atoms with Crippen molar-refractivity contribution in [3.05, 3.63) is 71.8 Å². The van der Waals surface area contributed by atoms with E-state index in [2.05, 4.69) is 6.58 Å². The van der Waals surface area contributed by atoms with E-state index in [0.717, 1.165) is 17.7 Å². The van der Waals surface area contributed by atoms with Gasteiger partial charge in [-0.3, -0.25) is 4.79 Å². The smallest absolute Gasteiger partial charge is 0.416 e. The zero-order valence-corrected chi connectivity index (χ0v) is 15.8. The molecule has 7 heteroatoms. The summed E-state index contributed by atoms with van der Waals surface area (Å²) in [7, 11) is 3.08. The molecule has 1 amide bonds. The van der Waals surface area contributed by atoms with Gasteiger partial charge in [-0.15, -0.1) is 6.58 Å². The highest BCUT2D eigenvalue weighted by atomic mass is 19.4. The predicted octanol–water partition coefficient (Wildman–Crippen LogP) is 4.48. The number of rotatable bonds is 8. The molecule has 0 radical (unpaired) electrons. The van der Waals surface area contributed by atoms with Gasteiger partial charge < -0.3 is 14.4 Å². The van der Waals surface area contributed by atoms with Crippen molar-refractivity contribution in [1.29, 1.82) is 0 Å². The topological polar surface area (TPSA) is 38.8 Å². The summed E-state index contributed by atoms with van der Waals surface area (Å²) in [6.07, 6.45) is -1.92. The van der Waals surface area contributed by atoms with E-state index in [0.29, 0.717) is 23.5 Å². The van der Waals surface area contributed by atoms with E-state index in [1.54, 1.807) is 19.2 Å². The average molecular weight is 393 g/mol. The Bertz CT molecular complexity index is 817. The van der Waals surface area contributed by atoms with E-state index >= 15 is 0 Å². The number of amides is 1. The summed E-state index contributed by atoms with van der Waals surface area (Å²) >= 11 is 0. The second-order valence-electron chi connectivity index (χ2n) is 6.21. The van der Waals surface area contributed by atoms with Crippen LogP contribution in [0.4, 0.5) is 13.2 Å². The Kier molecular flexibility index (Phi) is 7.09. The van der Waals surface area contributed by atoms with Crippen LogP contribution in [0.3, 0.4) is 0 Å². The molecule has 2 aromatic carbocycles. The molecule has 0 aromatic heterocycles. The summed E-state index contributed by atoms with van der Waals surface area (Å²) in [5.41, 5.74) is 0.876. The average Bonchev–Trinajstić information content (AvgIpc) is 2.66. The van der Waals surface area contributed by atoms with Crippen LogP contribution in [0.15, 0.2) is 55.1 Å². The SMILES string of the molecule is C=CCc1ccc(OCC(=O)N(C)Cc2ccc(C(F)(F)F)cc2)c(OC)c1. The number of nitrogens with zero attached hydrogens (tertiary/aromatic N) is 1. The number of carbonyl (C=O) groups is 1. The van der Waals surface area contributed by atoms with Crippen molar-refractivity contribution in [3.63, 3.8) is 0 Å². The van der Waals surface area contributed by atoms with Crippen molar-refractivity contribution in [2.24, 2.45) is 0 Å². The van der Waals surface area contributed by atoms with Gasteiger partial charge in [0.15, 0.2) is 18.1 Å². The summed E-state index contributed by atoms with van der Waals surface area (Å²) in [5, 5.41) is 0. The fourth-order valence-corrected chi connectivity index (χ4v) is 2.54. The second-order valence-corrected chi connectivity index (χ2v) is 6.21. The van der Waals surface area contributed by atoms with Crippen LogP contribution in [0.25, 0.3) is 0 Å². The Morgan fingerprint density at radius 1 is 1.11 bits per heavy atom. The van der Waals surface area contributed by atoms with E-state index in [1.165, 1.54) is 24.1 Å². The number of allylic oxidation sites excluding steroid dienone is 1. The normalized spacial score (nSPS) is 11.0. The molecular formula is C21H22F3NO3. The van der Waals surface area contributed by atoms with Gasteiger partial charge in [0.05, 0.1) is 12.7 Å². The monoisotopic (exact) mass is 393 g/mol. The molecule has 2 aromatic rings. The van der Waals surface area contributed by atoms with E-state index < -0.39 is 11.7 Å². The van der Waals surface area contributed by atoms with Crippen molar-refractivity contribution >= 4 is 5.91 Å². The maximum absolute atomic E-state index is 12.6. The predicted molar refractivity (Wildman–Crippen MR) is 100 cm³/mol. The first-order valence-corrected chi connectivity index (χ1v) is 8.55. The van der Waals surface area contributed by atoms with Crippen LogP contribution >= 0.6 is 0 Å². The van der Waals surface area contributed by atoms with Crippen LogP contribution in [0.2, 0.25) is 0 Å². The molecule has 0 spiro atoms. The highest BCUT2D eigenvalue weighted by Crippen LogP contribution is 2.30. The molecule has 2 rings (SSSR count). The van der Waals surface area contributed by atoms with Crippen LogP contribution in [-0.4, -0.2) is 31.6 Å². The largest absolute Gasteiger partial charge is 0.493 e. The summed E-state index contributed by atoms with van der Waals surface area (Å²) in [5.74, 6) is 0.640. The molecular weight excluding hydrogens is 371 g/mol. The number of hydrogen-bond donors (Lipinski definition) is 0. The van der Waals surface area contributed by atoms with Gasteiger partial charge in [-0.05, 0) is 41.8 Å². The lowest BCUT2D eigenvalue weighted by Crippen LogP contribution is -2.31. The van der Waals surface area contributed by atoms with E-state index in [-0.39, 0.29) is 19.1 Å². The molecule has 150 valence electrons. The van der Waals surface area contributed by atoms with Gasteiger partial charge in [0.1, 0.15) is 0 Å². The molecule has 0 bridgehead atoms. The third-order valence-electron chi connectivity index (χ3n) is 4.09. The first-order chi connectivity index (χ1) is 13.2. The maximum Gasteiger partial charge on any atom is 0.416 e. The van der Waals surface area contributed by atoms with Crippen molar-refractivity contribution in [2.45, 2.75) is 19.1 Å². The standard InChI is InChI=1S/C21H22F3NO3/c1-4-5-15-8-11-18(19(12-15)27-3)28-14-20(26)25(2)13-16-6-9-17(10-7-16)21(22,23)24/h4,6-12H,1,5,13-14H2,2-3H3. The molecule has 0 aliphatic heterocycles. The van der Waals surface area contributed by atoms with Crippen LogP contribution in [0.5, 0.6) is 11.5 Å². The maximum atomic E-state index is 12.6. The van der Waals surface area contributed by atoms with Crippen LogP contribution < -0.4 is 9.47 Å². The van der Waals surface area contributed by atoms with E-state index in [4.69, 9.17) is 9.47 Å². The van der Waals surface area contributed by atoms with E-state index in [1.807, 2.05) is 12.1 Å². The number of benzene rings is 2. The van der Waals surface area contributed by atoms with Crippen molar-refractivity contribution in [3.8, 4) is 11.5 Å². The fraction of sp³-hybridized carbons (Fsp3) is 0.286. The number of halogens is 3. The first-order valence-electron chi connectivity index (χ1n) is 8.55. The number of ether oxygens (including phenoxy) is 2. The van der Waals surface area contributed by atoms with Gasteiger partial charge in [-0.1, -0.05) is 24.3 Å². The van der Waals surface area contributed by atoms with Gasteiger partial charge in [0, 0.05) is 13.6 Å². The molecule has 0 atom stereocenters. The highest BCUT2D eigenvalue weighted by molar-refractivity contribution is 5.77. The lowest BCUT2D eigenvalue weighted by molar-refractivity contribution is -0.137. The van der Waals surface area contributed by atoms with Gasteiger partial charge >= 0.3 is 6.18 Å². The number of alkyl halides is 3. The third kappa shape index (κ3) is 5.77. The second kappa shape index (κ2) is 9.30. The Hall–Kier alpha value is -2.96. The van der Waals surface area contributed by atoms with E-state index in [9.17, 15) is 18.0 Å². The number of likely N-dealkylation sites (N-methyl/N-ethyl adjacent to an activating group) is 1. The van der Waals surface area contributed by atoms with Gasteiger partial charge in [-0.25, -0.2) is 0 Å². The summed E-state index contributed by atoms with van der Waals surface area (Å²) in [4.78, 5) is 13.7.